The summed E-state index contributed by atoms with van der Waals surface area (Å²) < 4.78 is 4.75. The van der Waals surface area contributed by atoms with Crippen molar-refractivity contribution in [3.63, 3.8) is 0 Å². The zero-order valence-corrected chi connectivity index (χ0v) is 17.2. The van der Waals surface area contributed by atoms with E-state index in [1.54, 1.807) is 11.8 Å². The molecular weight excluding hydrogens is 346 g/mol. The molecule has 0 aromatic heterocycles. The number of hydrogen-bond acceptors (Lipinski definition) is 5. The van der Waals surface area contributed by atoms with E-state index < -0.39 is 5.97 Å². The van der Waals surface area contributed by atoms with Gasteiger partial charge in [0.05, 0.1) is 7.11 Å². The monoisotopic (exact) mass is 373 g/mol. The van der Waals surface area contributed by atoms with Crippen LogP contribution in [0, 0.1) is 0 Å². The molecule has 0 fully saturated rings. The lowest BCUT2D eigenvalue weighted by Crippen LogP contribution is -2.29. The van der Waals surface area contributed by atoms with Crippen LogP contribution in [0.5, 0.6) is 0 Å². The predicted octanol–water partition coefficient (Wildman–Crippen LogP) is 5.16. The summed E-state index contributed by atoms with van der Waals surface area (Å²) in [6, 6.07) is 10.3. The van der Waals surface area contributed by atoms with Gasteiger partial charge in [0.1, 0.15) is 7.11 Å². The second kappa shape index (κ2) is 8.58. The first kappa shape index (κ1) is 20.3. The van der Waals surface area contributed by atoms with Crippen molar-refractivity contribution in [1.82, 2.24) is 0 Å². The van der Waals surface area contributed by atoms with Crippen LogP contribution in [0.15, 0.2) is 62.7 Å². The van der Waals surface area contributed by atoms with Gasteiger partial charge < -0.3 is 9.57 Å². The molecular formula is C21H27NO3S. The number of oxime groups is 1. The van der Waals surface area contributed by atoms with Gasteiger partial charge in [-0.2, -0.15) is 0 Å². The Morgan fingerprint density at radius 3 is 2.27 bits per heavy atom. The van der Waals surface area contributed by atoms with Gasteiger partial charge >= 0.3 is 5.97 Å². The quantitative estimate of drug-likeness (QED) is 0.227. The summed E-state index contributed by atoms with van der Waals surface area (Å²) in [5, 5.41) is 4.00. The summed E-state index contributed by atoms with van der Waals surface area (Å²) in [4.78, 5) is 18.5. The van der Waals surface area contributed by atoms with Gasteiger partial charge in [0.25, 0.3) is 0 Å². The first-order valence-electron chi connectivity index (χ1n) is 8.61. The summed E-state index contributed by atoms with van der Waals surface area (Å²) in [6.45, 7) is 8.64. The maximum absolute atomic E-state index is 12.3. The molecule has 0 bridgehead atoms. The van der Waals surface area contributed by atoms with Crippen LogP contribution in [0.25, 0.3) is 0 Å². The molecule has 1 aliphatic rings. The van der Waals surface area contributed by atoms with Crippen molar-refractivity contribution in [2.45, 2.75) is 50.2 Å². The third-order valence-corrected chi connectivity index (χ3v) is 5.93. The van der Waals surface area contributed by atoms with Crippen LogP contribution in [-0.2, 0) is 14.4 Å². The Kier molecular flexibility index (Phi) is 6.70. The van der Waals surface area contributed by atoms with Gasteiger partial charge in [-0.15, -0.1) is 11.8 Å². The average molecular weight is 374 g/mol. The molecule has 0 saturated heterocycles. The van der Waals surface area contributed by atoms with Crippen LogP contribution in [-0.4, -0.2) is 30.6 Å². The predicted molar refractivity (Wildman–Crippen MR) is 107 cm³/mol. The van der Waals surface area contributed by atoms with Crippen molar-refractivity contribution in [2.75, 3.05) is 14.2 Å². The van der Waals surface area contributed by atoms with E-state index in [0.29, 0.717) is 6.42 Å². The van der Waals surface area contributed by atoms with E-state index in [2.05, 4.69) is 45.0 Å². The summed E-state index contributed by atoms with van der Waals surface area (Å²) in [6.07, 6.45) is 1.49. The Bertz CT molecular complexity index is 761. The number of nitrogens with zero attached hydrogens (tertiary/aromatic N) is 1. The largest absolute Gasteiger partial charge is 0.464 e. The number of esters is 1. The highest BCUT2D eigenvalue weighted by Crippen LogP contribution is 2.45. The number of rotatable bonds is 6. The Hall–Kier alpha value is -2.01. The van der Waals surface area contributed by atoms with Crippen LogP contribution in [0.3, 0.4) is 0 Å². The number of methoxy groups -OCH3 is 1. The molecule has 1 aromatic carbocycles. The fourth-order valence-corrected chi connectivity index (χ4v) is 4.30. The smallest absolute Gasteiger partial charge is 0.360 e. The normalized spacial score (nSPS) is 16.0. The van der Waals surface area contributed by atoms with Crippen LogP contribution in [0.4, 0.5) is 0 Å². The summed E-state index contributed by atoms with van der Waals surface area (Å²) in [5.74, 6) is -0.466. The number of carbonyl (C=O) groups excluding carboxylic acids is 1. The molecule has 2 rings (SSSR count). The van der Waals surface area contributed by atoms with Crippen molar-refractivity contribution < 1.29 is 14.4 Å². The molecule has 0 aliphatic heterocycles. The second-order valence-electron chi connectivity index (χ2n) is 6.91. The summed E-state index contributed by atoms with van der Waals surface area (Å²) in [5.41, 5.74) is 4.97. The van der Waals surface area contributed by atoms with Crippen molar-refractivity contribution >= 4 is 23.4 Å². The summed E-state index contributed by atoms with van der Waals surface area (Å²) in [7, 11) is 2.82. The lowest BCUT2D eigenvalue weighted by Gasteiger charge is -2.34. The molecule has 0 heterocycles. The molecule has 0 atom stereocenters. The SMILES string of the molecule is CO/N=C(\C(=O)OC)C1=C(C(C)(C)Sc2ccccc2)CC(C)=C(C)C1. The molecule has 0 saturated carbocycles. The number of benzene rings is 1. The number of ether oxygens (including phenoxy) is 1. The Morgan fingerprint density at radius 1 is 1.08 bits per heavy atom. The van der Waals surface area contributed by atoms with E-state index in [9.17, 15) is 4.79 Å². The van der Waals surface area contributed by atoms with E-state index in [-0.39, 0.29) is 10.5 Å². The van der Waals surface area contributed by atoms with Crippen LogP contribution < -0.4 is 0 Å². The van der Waals surface area contributed by atoms with E-state index >= 15 is 0 Å². The first-order chi connectivity index (χ1) is 12.3. The van der Waals surface area contributed by atoms with Crippen molar-refractivity contribution in [1.29, 1.82) is 0 Å². The highest BCUT2D eigenvalue weighted by molar-refractivity contribution is 8.00. The first-order valence-corrected chi connectivity index (χ1v) is 9.43. The van der Waals surface area contributed by atoms with Gasteiger partial charge in [0, 0.05) is 9.64 Å². The number of thioether (sulfide) groups is 1. The van der Waals surface area contributed by atoms with Gasteiger partial charge in [-0.1, -0.05) is 34.5 Å². The van der Waals surface area contributed by atoms with Crippen molar-refractivity contribution in [3.8, 4) is 0 Å². The van der Waals surface area contributed by atoms with Crippen LogP contribution in [0.1, 0.15) is 40.5 Å². The molecule has 5 heteroatoms. The van der Waals surface area contributed by atoms with E-state index in [0.717, 1.165) is 12.0 Å². The second-order valence-corrected chi connectivity index (χ2v) is 8.61. The van der Waals surface area contributed by atoms with E-state index in [1.165, 1.54) is 35.8 Å². The average Bonchev–Trinajstić information content (AvgIpc) is 2.61. The molecule has 140 valence electrons. The van der Waals surface area contributed by atoms with E-state index in [4.69, 9.17) is 9.57 Å². The van der Waals surface area contributed by atoms with E-state index in [1.807, 2.05) is 18.2 Å². The van der Waals surface area contributed by atoms with Gasteiger partial charge in [-0.3, -0.25) is 0 Å². The Labute approximate surface area is 160 Å². The number of allylic oxidation sites excluding steroid dienone is 2. The standard InChI is InChI=1S/C21H27NO3S/c1-14-12-17(19(22-25-6)20(23)24-5)18(13-15(14)2)21(3,4)26-16-10-8-7-9-11-16/h7-11H,12-13H2,1-6H3/b22-19-. The highest BCUT2D eigenvalue weighted by atomic mass is 32.2. The molecule has 0 N–H and O–H groups in total. The zero-order valence-electron chi connectivity index (χ0n) is 16.4. The van der Waals surface area contributed by atoms with Crippen LogP contribution >= 0.6 is 11.8 Å². The Morgan fingerprint density at radius 2 is 1.69 bits per heavy atom. The fraction of sp³-hybridized carbons (Fsp3) is 0.429. The molecule has 1 aliphatic carbocycles. The molecule has 26 heavy (non-hydrogen) atoms. The van der Waals surface area contributed by atoms with Gasteiger partial charge in [-0.25, -0.2) is 4.79 Å². The molecule has 1 aromatic rings. The molecule has 0 spiro atoms. The number of hydrogen-bond donors (Lipinski definition) is 0. The fourth-order valence-electron chi connectivity index (χ4n) is 3.10. The van der Waals surface area contributed by atoms with Crippen LogP contribution in [0.2, 0.25) is 0 Å². The van der Waals surface area contributed by atoms with Gasteiger partial charge in [0.15, 0.2) is 5.71 Å². The molecule has 0 unspecified atom stereocenters. The topological polar surface area (TPSA) is 47.9 Å². The maximum atomic E-state index is 12.3. The third-order valence-electron chi connectivity index (χ3n) is 4.67. The molecule has 0 radical (unpaired) electrons. The summed E-state index contributed by atoms with van der Waals surface area (Å²) >= 11 is 1.79. The lowest BCUT2D eigenvalue weighted by molar-refractivity contribution is -0.132. The molecule has 0 amide bonds. The van der Waals surface area contributed by atoms with Gasteiger partial charge in [0.2, 0.25) is 0 Å². The zero-order chi connectivity index (χ0) is 19.3. The minimum atomic E-state index is -0.466. The third kappa shape index (κ3) is 4.58. The lowest BCUT2D eigenvalue weighted by atomic mass is 9.80. The number of carbonyl (C=O) groups is 1. The van der Waals surface area contributed by atoms with Gasteiger partial charge in [-0.05, 0) is 63.8 Å². The van der Waals surface area contributed by atoms with Crippen molar-refractivity contribution in [2.24, 2.45) is 5.16 Å². The highest BCUT2D eigenvalue weighted by Gasteiger charge is 2.34. The minimum absolute atomic E-state index is 0.207. The molecule has 4 nitrogen and oxygen atoms in total. The maximum Gasteiger partial charge on any atom is 0.360 e. The van der Waals surface area contributed by atoms with Crippen molar-refractivity contribution in [3.05, 3.63) is 52.6 Å². The minimum Gasteiger partial charge on any atom is -0.464 e. The Balaban J connectivity index is 2.53.